The summed E-state index contributed by atoms with van der Waals surface area (Å²) < 4.78 is 25.2. The topological polar surface area (TPSA) is 92.7 Å². The van der Waals surface area contributed by atoms with Gasteiger partial charge in [-0.3, -0.25) is 4.79 Å². The number of hydrogen-bond acceptors (Lipinski definition) is 6. The zero-order chi connectivity index (χ0) is 27.5. The molecule has 2 aromatic rings. The Labute approximate surface area is 229 Å². The molecule has 1 saturated carbocycles. The predicted molar refractivity (Wildman–Crippen MR) is 145 cm³/mol. The molecule has 208 valence electrons. The van der Waals surface area contributed by atoms with E-state index in [2.05, 4.69) is 42.5 Å². The number of aromatic nitrogens is 1. The van der Waals surface area contributed by atoms with Crippen LogP contribution >= 0.6 is 11.6 Å². The van der Waals surface area contributed by atoms with E-state index < -0.39 is 12.1 Å². The number of benzene rings is 1. The molecule has 1 fully saturated rings. The second-order valence-corrected chi connectivity index (χ2v) is 12.2. The number of hydrogen-bond donors (Lipinski definition) is 3. The SMILES string of the molecule is COCC(=O)N[C@@H](Cc1cccc(F)c1)[C@@H](O)CN[C@H]1CC2(CCC2)Oc2c1cc(CC(C)(C)C)nc2Cl. The Balaban J connectivity index is 1.54. The molecule has 2 aliphatic rings. The zero-order valence-electron chi connectivity index (χ0n) is 22.7. The van der Waals surface area contributed by atoms with Gasteiger partial charge in [-0.25, -0.2) is 9.37 Å². The monoisotopic (exact) mass is 547 g/mol. The molecule has 0 unspecified atom stereocenters. The maximum absolute atomic E-state index is 13.8. The molecule has 7 nitrogen and oxygen atoms in total. The molecule has 0 saturated heterocycles. The van der Waals surface area contributed by atoms with E-state index in [0.29, 0.717) is 16.5 Å². The fourth-order valence-corrected chi connectivity index (χ4v) is 5.61. The minimum absolute atomic E-state index is 0.0406. The lowest BCUT2D eigenvalue weighted by molar-refractivity contribution is -0.126. The molecular formula is C29H39ClFN3O4. The first kappa shape index (κ1) is 28.7. The summed E-state index contributed by atoms with van der Waals surface area (Å²) in [6.07, 6.45) is 3.85. The van der Waals surface area contributed by atoms with Gasteiger partial charge in [0.15, 0.2) is 10.9 Å². The number of rotatable bonds is 10. The van der Waals surface area contributed by atoms with Gasteiger partial charge in [0.2, 0.25) is 5.91 Å². The third-order valence-electron chi connectivity index (χ3n) is 7.26. The summed E-state index contributed by atoms with van der Waals surface area (Å²) >= 11 is 6.65. The number of nitrogens with zero attached hydrogens (tertiary/aromatic N) is 1. The Kier molecular flexibility index (Phi) is 8.97. The second kappa shape index (κ2) is 11.9. The number of aliphatic hydroxyl groups excluding tert-OH is 1. The molecule has 38 heavy (non-hydrogen) atoms. The number of carbonyl (C=O) groups is 1. The van der Waals surface area contributed by atoms with Crippen LogP contribution in [0.3, 0.4) is 0 Å². The van der Waals surface area contributed by atoms with Gasteiger partial charge in [-0.15, -0.1) is 0 Å². The van der Waals surface area contributed by atoms with Crippen LogP contribution in [-0.4, -0.2) is 54.0 Å². The van der Waals surface area contributed by atoms with Crippen LogP contribution in [0.15, 0.2) is 30.3 Å². The third kappa shape index (κ3) is 7.23. The zero-order valence-corrected chi connectivity index (χ0v) is 23.4. The first-order valence-corrected chi connectivity index (χ1v) is 13.7. The van der Waals surface area contributed by atoms with Crippen LogP contribution < -0.4 is 15.4 Å². The lowest BCUT2D eigenvalue weighted by Gasteiger charge is -2.48. The largest absolute Gasteiger partial charge is 0.484 e. The highest BCUT2D eigenvalue weighted by Crippen LogP contribution is 2.51. The highest BCUT2D eigenvalue weighted by Gasteiger charge is 2.46. The van der Waals surface area contributed by atoms with Crippen LogP contribution in [0.4, 0.5) is 4.39 Å². The number of pyridine rings is 1. The Morgan fingerprint density at radius 2 is 2.11 bits per heavy atom. The van der Waals surface area contributed by atoms with Gasteiger partial charge < -0.3 is 25.2 Å². The smallest absolute Gasteiger partial charge is 0.246 e. The van der Waals surface area contributed by atoms with Crippen LogP contribution in [0.1, 0.15) is 69.3 Å². The molecule has 1 amide bonds. The van der Waals surface area contributed by atoms with Gasteiger partial charge in [0.25, 0.3) is 0 Å². The summed E-state index contributed by atoms with van der Waals surface area (Å²) in [4.78, 5) is 17.0. The summed E-state index contributed by atoms with van der Waals surface area (Å²) in [6, 6.07) is 7.50. The fraction of sp³-hybridized carbons (Fsp3) is 0.586. The van der Waals surface area contributed by atoms with Gasteiger partial charge >= 0.3 is 0 Å². The molecule has 0 bridgehead atoms. The van der Waals surface area contributed by atoms with E-state index in [1.807, 2.05) is 0 Å². The molecule has 1 aliphatic heterocycles. The van der Waals surface area contributed by atoms with Crippen molar-refractivity contribution < 1.29 is 23.8 Å². The van der Waals surface area contributed by atoms with Crippen molar-refractivity contribution in [1.29, 1.82) is 0 Å². The fourth-order valence-electron chi connectivity index (χ4n) is 5.35. The molecule has 0 radical (unpaired) electrons. The van der Waals surface area contributed by atoms with Crippen molar-refractivity contribution >= 4 is 17.5 Å². The molecule has 1 aromatic carbocycles. The van der Waals surface area contributed by atoms with Crippen molar-refractivity contribution in [3.05, 3.63) is 58.1 Å². The molecule has 2 heterocycles. The number of halogens is 2. The quantitative estimate of drug-likeness (QED) is 0.378. The van der Waals surface area contributed by atoms with Gasteiger partial charge in [-0.2, -0.15) is 0 Å². The molecule has 3 atom stereocenters. The Morgan fingerprint density at radius 1 is 1.34 bits per heavy atom. The van der Waals surface area contributed by atoms with Crippen molar-refractivity contribution in [2.45, 2.75) is 83.1 Å². The molecule has 1 aromatic heterocycles. The summed E-state index contributed by atoms with van der Waals surface area (Å²) in [5.74, 6) is -0.0901. The van der Waals surface area contributed by atoms with Gasteiger partial charge in [0.1, 0.15) is 18.0 Å². The summed E-state index contributed by atoms with van der Waals surface area (Å²) in [7, 11) is 1.44. The van der Waals surface area contributed by atoms with Crippen LogP contribution in [-0.2, 0) is 22.4 Å². The Morgan fingerprint density at radius 3 is 2.74 bits per heavy atom. The van der Waals surface area contributed by atoms with Crippen LogP contribution in [0, 0.1) is 11.2 Å². The lowest BCUT2D eigenvalue weighted by Crippen LogP contribution is -2.52. The highest BCUT2D eigenvalue weighted by atomic mass is 35.5. The second-order valence-electron chi connectivity index (χ2n) is 11.9. The average molecular weight is 548 g/mol. The standard InChI is InChI=1S/C29H39ClFN3O4/c1-28(2,3)14-20-13-21-23(15-29(9-6-10-29)38-26(21)27(30)33-20)32-16-24(35)22(34-25(36)17-37-4)12-18-7-5-8-19(31)11-18/h5,7-8,11,13,22-24,32,35H,6,9-10,12,14-17H2,1-4H3,(H,34,36)/t22-,23-,24-/m0/s1. The van der Waals surface area contributed by atoms with Gasteiger partial charge in [-0.1, -0.05) is 44.5 Å². The van der Waals surface area contributed by atoms with E-state index in [0.717, 1.165) is 43.4 Å². The predicted octanol–water partition coefficient (Wildman–Crippen LogP) is 4.53. The third-order valence-corrected chi connectivity index (χ3v) is 7.52. The Bertz CT molecular complexity index is 1140. The number of methoxy groups -OCH3 is 1. The summed E-state index contributed by atoms with van der Waals surface area (Å²) in [5, 5.41) is 18.0. The molecular weight excluding hydrogens is 509 g/mol. The highest BCUT2D eigenvalue weighted by molar-refractivity contribution is 6.31. The number of carbonyl (C=O) groups excluding carboxylic acids is 1. The molecule has 4 rings (SSSR count). The first-order chi connectivity index (χ1) is 18.0. The minimum atomic E-state index is -0.936. The lowest BCUT2D eigenvalue weighted by atomic mass is 9.73. The van der Waals surface area contributed by atoms with Gasteiger partial charge in [0, 0.05) is 37.4 Å². The van der Waals surface area contributed by atoms with Crippen LogP contribution in [0.5, 0.6) is 5.75 Å². The number of fused-ring (bicyclic) bond motifs is 1. The maximum atomic E-state index is 13.8. The van der Waals surface area contributed by atoms with E-state index in [4.69, 9.17) is 21.1 Å². The van der Waals surface area contributed by atoms with Crippen LogP contribution in [0.25, 0.3) is 0 Å². The van der Waals surface area contributed by atoms with E-state index >= 15 is 0 Å². The number of nitrogens with one attached hydrogen (secondary N) is 2. The van der Waals surface area contributed by atoms with E-state index in [9.17, 15) is 14.3 Å². The van der Waals surface area contributed by atoms with E-state index in [1.165, 1.54) is 19.2 Å². The number of amides is 1. The van der Waals surface area contributed by atoms with Gasteiger partial charge in [-0.05, 0) is 61.3 Å². The van der Waals surface area contributed by atoms with E-state index in [-0.39, 0.29) is 48.4 Å². The van der Waals surface area contributed by atoms with Crippen molar-refractivity contribution in [2.24, 2.45) is 5.41 Å². The molecule has 9 heteroatoms. The van der Waals surface area contributed by atoms with Crippen molar-refractivity contribution in [1.82, 2.24) is 15.6 Å². The molecule has 3 N–H and O–H groups in total. The van der Waals surface area contributed by atoms with Crippen LogP contribution in [0.2, 0.25) is 5.15 Å². The van der Waals surface area contributed by atoms with Crippen molar-refractivity contribution in [2.75, 3.05) is 20.3 Å². The van der Waals surface area contributed by atoms with Crippen molar-refractivity contribution in [3.63, 3.8) is 0 Å². The van der Waals surface area contributed by atoms with Crippen molar-refractivity contribution in [3.8, 4) is 5.75 Å². The number of aliphatic hydroxyl groups is 1. The first-order valence-electron chi connectivity index (χ1n) is 13.3. The summed E-state index contributed by atoms with van der Waals surface area (Å²) in [6.45, 7) is 6.56. The van der Waals surface area contributed by atoms with Gasteiger partial charge in [0.05, 0.1) is 12.1 Å². The van der Waals surface area contributed by atoms with E-state index in [1.54, 1.807) is 12.1 Å². The normalized spacial score (nSPS) is 19.7. The molecule has 1 spiro atoms. The number of ether oxygens (including phenoxy) is 2. The Hall–Kier alpha value is -2.26. The molecule has 1 aliphatic carbocycles. The summed E-state index contributed by atoms with van der Waals surface area (Å²) in [5.41, 5.74) is 2.29. The average Bonchev–Trinajstić information content (AvgIpc) is 2.80. The maximum Gasteiger partial charge on any atom is 0.246 e. The minimum Gasteiger partial charge on any atom is -0.484 e.